The molecule has 1 saturated carbocycles. The minimum absolute atomic E-state index is 0.0532. The van der Waals surface area contributed by atoms with Crippen molar-refractivity contribution in [1.82, 2.24) is 5.32 Å². The Balaban J connectivity index is 1.87. The fourth-order valence-corrected chi connectivity index (χ4v) is 3.22. The molecule has 0 bridgehead atoms. The van der Waals surface area contributed by atoms with E-state index in [1.165, 1.54) is 6.42 Å². The van der Waals surface area contributed by atoms with Crippen molar-refractivity contribution in [2.24, 2.45) is 11.7 Å². The van der Waals surface area contributed by atoms with E-state index in [4.69, 9.17) is 5.73 Å². The summed E-state index contributed by atoms with van der Waals surface area (Å²) in [5.74, 6) is 0.473. The van der Waals surface area contributed by atoms with Crippen molar-refractivity contribution < 1.29 is 9.90 Å². The molecular formula is C17H26N2O2. The lowest BCUT2D eigenvalue weighted by molar-refractivity contribution is -0.122. The highest BCUT2D eigenvalue weighted by molar-refractivity contribution is 5.79. The number of rotatable bonds is 5. The molecule has 1 amide bonds. The molecule has 1 aliphatic rings. The lowest BCUT2D eigenvalue weighted by Gasteiger charge is -2.35. The molecule has 2 atom stereocenters. The topological polar surface area (TPSA) is 75.3 Å². The third-order valence-electron chi connectivity index (χ3n) is 4.37. The molecule has 1 aromatic carbocycles. The normalized spacial score (nSPS) is 25.6. The Hall–Kier alpha value is -1.39. The van der Waals surface area contributed by atoms with Gasteiger partial charge in [-0.3, -0.25) is 4.79 Å². The first-order chi connectivity index (χ1) is 10.0. The van der Waals surface area contributed by atoms with E-state index in [1.54, 1.807) is 0 Å². The standard InChI is InChI=1S/C17H26N2O2/c1-13-5-4-8-17(21,10-13)12-19-16(20)9-14-6-2-3-7-15(14)11-18/h2-3,6-7,13,21H,4-5,8-12,18H2,1H3,(H,19,20). The molecule has 21 heavy (non-hydrogen) atoms. The van der Waals surface area contributed by atoms with E-state index in [0.717, 1.165) is 30.4 Å². The van der Waals surface area contributed by atoms with Crippen molar-refractivity contribution >= 4 is 5.91 Å². The van der Waals surface area contributed by atoms with Crippen molar-refractivity contribution in [2.75, 3.05) is 6.54 Å². The van der Waals surface area contributed by atoms with E-state index < -0.39 is 5.60 Å². The molecule has 1 aromatic rings. The van der Waals surface area contributed by atoms with Crippen LogP contribution < -0.4 is 11.1 Å². The van der Waals surface area contributed by atoms with Crippen LogP contribution in [0.25, 0.3) is 0 Å². The number of amides is 1. The summed E-state index contributed by atoms with van der Waals surface area (Å²) in [6.07, 6.45) is 4.06. The zero-order valence-electron chi connectivity index (χ0n) is 12.8. The number of benzene rings is 1. The van der Waals surface area contributed by atoms with E-state index in [1.807, 2.05) is 24.3 Å². The van der Waals surface area contributed by atoms with E-state index in [-0.39, 0.29) is 5.91 Å². The summed E-state index contributed by atoms with van der Waals surface area (Å²) in [6.45, 7) is 2.94. The van der Waals surface area contributed by atoms with Gasteiger partial charge in [-0.15, -0.1) is 0 Å². The average molecular weight is 290 g/mol. The van der Waals surface area contributed by atoms with Crippen molar-refractivity contribution in [2.45, 2.75) is 51.2 Å². The zero-order chi connectivity index (χ0) is 15.3. The Kier molecular flexibility index (Phi) is 5.37. The van der Waals surface area contributed by atoms with Crippen LogP contribution in [0.3, 0.4) is 0 Å². The second-order valence-corrected chi connectivity index (χ2v) is 6.35. The Morgan fingerprint density at radius 1 is 1.43 bits per heavy atom. The summed E-state index contributed by atoms with van der Waals surface area (Å²) in [4.78, 5) is 12.1. The predicted molar refractivity (Wildman–Crippen MR) is 83.6 cm³/mol. The molecule has 0 saturated heterocycles. The van der Waals surface area contributed by atoms with Crippen molar-refractivity contribution in [1.29, 1.82) is 0 Å². The minimum atomic E-state index is -0.735. The Morgan fingerprint density at radius 3 is 2.81 bits per heavy atom. The highest BCUT2D eigenvalue weighted by atomic mass is 16.3. The molecule has 0 heterocycles. The van der Waals surface area contributed by atoms with Gasteiger partial charge in [-0.2, -0.15) is 0 Å². The van der Waals surface area contributed by atoms with E-state index >= 15 is 0 Å². The third kappa shape index (κ3) is 4.55. The molecule has 0 aromatic heterocycles. The maximum absolute atomic E-state index is 12.1. The molecule has 4 heteroatoms. The number of carbonyl (C=O) groups is 1. The van der Waals surface area contributed by atoms with Gasteiger partial charge in [0.05, 0.1) is 12.0 Å². The number of aliphatic hydroxyl groups is 1. The first-order valence-corrected chi connectivity index (χ1v) is 7.78. The monoisotopic (exact) mass is 290 g/mol. The maximum Gasteiger partial charge on any atom is 0.224 e. The maximum atomic E-state index is 12.1. The van der Waals surface area contributed by atoms with Crippen LogP contribution in [0.1, 0.15) is 43.7 Å². The van der Waals surface area contributed by atoms with Gasteiger partial charge in [0.15, 0.2) is 0 Å². The summed E-state index contributed by atoms with van der Waals surface area (Å²) >= 11 is 0. The van der Waals surface area contributed by atoms with Crippen molar-refractivity contribution in [3.05, 3.63) is 35.4 Å². The van der Waals surface area contributed by atoms with Gasteiger partial charge in [-0.1, -0.05) is 44.0 Å². The highest BCUT2D eigenvalue weighted by Crippen LogP contribution is 2.31. The fourth-order valence-electron chi connectivity index (χ4n) is 3.22. The minimum Gasteiger partial charge on any atom is -0.388 e. The lowest BCUT2D eigenvalue weighted by Crippen LogP contribution is -2.46. The number of nitrogens with one attached hydrogen (secondary N) is 1. The first-order valence-electron chi connectivity index (χ1n) is 7.78. The highest BCUT2D eigenvalue weighted by Gasteiger charge is 2.32. The van der Waals surface area contributed by atoms with Gasteiger partial charge in [-0.25, -0.2) is 0 Å². The van der Waals surface area contributed by atoms with E-state index in [0.29, 0.717) is 25.4 Å². The number of nitrogens with two attached hydrogens (primary N) is 1. The van der Waals surface area contributed by atoms with Gasteiger partial charge in [0.25, 0.3) is 0 Å². The second kappa shape index (κ2) is 7.05. The Morgan fingerprint density at radius 2 is 2.14 bits per heavy atom. The zero-order valence-corrected chi connectivity index (χ0v) is 12.8. The van der Waals surface area contributed by atoms with Crippen LogP contribution in [-0.4, -0.2) is 23.2 Å². The lowest BCUT2D eigenvalue weighted by atomic mass is 9.79. The molecule has 1 fully saturated rings. The van der Waals surface area contributed by atoms with Crippen LogP contribution >= 0.6 is 0 Å². The van der Waals surface area contributed by atoms with Crippen LogP contribution in [0.15, 0.2) is 24.3 Å². The summed E-state index contributed by atoms with van der Waals surface area (Å²) in [7, 11) is 0. The number of hydrogen-bond donors (Lipinski definition) is 3. The largest absolute Gasteiger partial charge is 0.388 e. The van der Waals surface area contributed by atoms with E-state index in [2.05, 4.69) is 12.2 Å². The average Bonchev–Trinajstić information content (AvgIpc) is 2.46. The summed E-state index contributed by atoms with van der Waals surface area (Å²) in [5.41, 5.74) is 6.90. The van der Waals surface area contributed by atoms with Crippen molar-refractivity contribution in [3.8, 4) is 0 Å². The second-order valence-electron chi connectivity index (χ2n) is 6.35. The molecule has 0 aliphatic heterocycles. The van der Waals surface area contributed by atoms with Gasteiger partial charge >= 0.3 is 0 Å². The van der Waals surface area contributed by atoms with Crippen LogP contribution in [0.5, 0.6) is 0 Å². The SMILES string of the molecule is CC1CCCC(O)(CNC(=O)Cc2ccccc2CN)C1. The van der Waals surface area contributed by atoms with Gasteiger partial charge in [0.2, 0.25) is 5.91 Å². The van der Waals surface area contributed by atoms with Crippen molar-refractivity contribution in [3.63, 3.8) is 0 Å². The molecule has 1 aliphatic carbocycles. The summed E-state index contributed by atoms with van der Waals surface area (Å²) in [5, 5.41) is 13.4. The van der Waals surface area contributed by atoms with Crippen LogP contribution in [0, 0.1) is 5.92 Å². The smallest absolute Gasteiger partial charge is 0.224 e. The molecular weight excluding hydrogens is 264 g/mol. The van der Waals surface area contributed by atoms with E-state index in [9.17, 15) is 9.90 Å². The molecule has 0 spiro atoms. The molecule has 4 nitrogen and oxygen atoms in total. The quantitative estimate of drug-likeness (QED) is 0.773. The van der Waals surface area contributed by atoms with Gasteiger partial charge in [0, 0.05) is 13.1 Å². The van der Waals surface area contributed by atoms with Crippen LogP contribution in [0.2, 0.25) is 0 Å². The summed E-state index contributed by atoms with van der Waals surface area (Å²) in [6, 6.07) is 7.71. The Bertz CT molecular complexity index is 489. The van der Waals surface area contributed by atoms with Gasteiger partial charge < -0.3 is 16.2 Å². The molecule has 2 unspecified atom stereocenters. The fraction of sp³-hybridized carbons (Fsp3) is 0.588. The van der Waals surface area contributed by atoms with Crippen LogP contribution in [-0.2, 0) is 17.8 Å². The van der Waals surface area contributed by atoms with Crippen LogP contribution in [0.4, 0.5) is 0 Å². The van der Waals surface area contributed by atoms with Gasteiger partial charge in [0.1, 0.15) is 0 Å². The summed E-state index contributed by atoms with van der Waals surface area (Å²) < 4.78 is 0. The first kappa shape index (κ1) is 16.0. The van der Waals surface area contributed by atoms with Gasteiger partial charge in [-0.05, 0) is 29.9 Å². The molecule has 0 radical (unpaired) electrons. The molecule has 2 rings (SSSR count). The molecule has 4 N–H and O–H groups in total. The third-order valence-corrected chi connectivity index (χ3v) is 4.37. The predicted octanol–water partition coefficient (Wildman–Crippen LogP) is 1.75. The number of carbonyl (C=O) groups excluding carboxylic acids is 1. The molecule has 116 valence electrons. The Labute approximate surface area is 126 Å². The number of hydrogen-bond acceptors (Lipinski definition) is 3.